The van der Waals surface area contributed by atoms with Crippen molar-refractivity contribution in [2.45, 2.75) is 52.1 Å². The van der Waals surface area contributed by atoms with E-state index in [-0.39, 0.29) is 11.4 Å². The van der Waals surface area contributed by atoms with E-state index in [2.05, 4.69) is 6.58 Å². The fourth-order valence-electron chi connectivity index (χ4n) is 5.33. The third kappa shape index (κ3) is 1.86. The molecule has 0 aromatic heterocycles. The number of rotatable bonds is 3. The fourth-order valence-corrected chi connectivity index (χ4v) is 5.33. The van der Waals surface area contributed by atoms with E-state index in [0.717, 1.165) is 12.3 Å². The van der Waals surface area contributed by atoms with E-state index in [9.17, 15) is 4.79 Å². The van der Waals surface area contributed by atoms with Crippen LogP contribution in [0.1, 0.15) is 46.5 Å². The molecule has 0 bridgehead atoms. The van der Waals surface area contributed by atoms with E-state index in [1.807, 2.05) is 20.8 Å². The maximum atomic E-state index is 12.3. The zero-order chi connectivity index (χ0) is 14.7. The third-order valence-electron chi connectivity index (χ3n) is 5.94. The summed E-state index contributed by atoms with van der Waals surface area (Å²) < 4.78 is 5.54. The maximum Gasteiger partial charge on any atom is 0.306 e. The van der Waals surface area contributed by atoms with Crippen molar-refractivity contribution in [3.05, 3.63) is 12.2 Å². The van der Waals surface area contributed by atoms with E-state index in [1.54, 1.807) is 0 Å². The summed E-state index contributed by atoms with van der Waals surface area (Å²) in [5.74, 6) is 2.58. The van der Waals surface area contributed by atoms with Crippen LogP contribution in [0.4, 0.5) is 0 Å². The Labute approximate surface area is 121 Å². The Kier molecular flexibility index (Phi) is 3.06. The molecule has 3 rings (SSSR count). The summed E-state index contributed by atoms with van der Waals surface area (Å²) in [4.78, 5) is 12.3. The van der Waals surface area contributed by atoms with Crippen LogP contribution >= 0.6 is 0 Å². The summed E-state index contributed by atoms with van der Waals surface area (Å²) >= 11 is 0. The first kappa shape index (κ1) is 14.1. The second kappa shape index (κ2) is 4.33. The van der Waals surface area contributed by atoms with E-state index < -0.39 is 5.60 Å². The lowest BCUT2D eigenvalue weighted by molar-refractivity contribution is -0.169. The van der Waals surface area contributed by atoms with Crippen molar-refractivity contribution in [1.29, 1.82) is 0 Å². The molecule has 3 fully saturated rings. The van der Waals surface area contributed by atoms with Gasteiger partial charge < -0.3 is 10.5 Å². The van der Waals surface area contributed by atoms with Crippen molar-refractivity contribution in [1.82, 2.24) is 0 Å². The molecule has 2 N–H and O–H groups in total. The van der Waals surface area contributed by atoms with Gasteiger partial charge in [0.25, 0.3) is 0 Å². The van der Waals surface area contributed by atoms with Gasteiger partial charge in [-0.05, 0) is 75.7 Å². The molecule has 0 aromatic carbocycles. The van der Waals surface area contributed by atoms with Gasteiger partial charge in [-0.1, -0.05) is 12.2 Å². The number of hydrogen-bond acceptors (Lipinski definition) is 3. The summed E-state index contributed by atoms with van der Waals surface area (Å²) in [7, 11) is 0. The van der Waals surface area contributed by atoms with Gasteiger partial charge >= 0.3 is 5.97 Å². The minimum Gasteiger partial charge on any atom is -0.460 e. The number of esters is 1. The third-order valence-corrected chi connectivity index (χ3v) is 5.94. The Morgan fingerprint density at radius 2 is 2.10 bits per heavy atom. The fraction of sp³-hybridized carbons (Fsp3) is 0.824. The van der Waals surface area contributed by atoms with Crippen LogP contribution in [-0.4, -0.2) is 18.1 Å². The zero-order valence-corrected chi connectivity index (χ0v) is 12.9. The summed E-state index contributed by atoms with van der Waals surface area (Å²) in [5.41, 5.74) is 7.11. The molecule has 0 radical (unpaired) electrons. The van der Waals surface area contributed by atoms with Crippen LogP contribution in [0.15, 0.2) is 12.2 Å². The molecule has 3 heteroatoms. The van der Waals surface area contributed by atoms with Crippen LogP contribution in [0.5, 0.6) is 0 Å². The second-order valence-corrected chi connectivity index (χ2v) is 8.04. The summed E-state index contributed by atoms with van der Waals surface area (Å²) in [6, 6.07) is 0. The lowest BCUT2D eigenvalue weighted by Crippen LogP contribution is -2.58. The van der Waals surface area contributed by atoms with Crippen molar-refractivity contribution in [3.8, 4) is 0 Å². The van der Waals surface area contributed by atoms with E-state index in [4.69, 9.17) is 10.5 Å². The molecule has 0 aromatic rings. The molecule has 0 unspecified atom stereocenters. The standard InChI is InChI=1S/C17H27NO2/c1-10-7-13-15-11(10)5-6-12(15)17(13,9-18)8-14(19)20-16(2,3)4/h11-13,15H,1,5-9,18H2,2-4H3/t11-,12-,13+,15+,17+/m0/s1. The van der Waals surface area contributed by atoms with Crippen LogP contribution in [-0.2, 0) is 9.53 Å². The molecular formula is C17H27NO2. The van der Waals surface area contributed by atoms with Gasteiger partial charge in [-0.2, -0.15) is 0 Å². The van der Waals surface area contributed by atoms with Crippen LogP contribution in [0.3, 0.4) is 0 Å². The van der Waals surface area contributed by atoms with Crippen LogP contribution < -0.4 is 5.73 Å². The average molecular weight is 277 g/mol. The lowest BCUT2D eigenvalue weighted by Gasteiger charge is -2.57. The number of allylic oxidation sites excluding steroid dienone is 1. The highest BCUT2D eigenvalue weighted by molar-refractivity contribution is 5.71. The highest BCUT2D eigenvalue weighted by Crippen LogP contribution is 2.72. The van der Waals surface area contributed by atoms with Gasteiger partial charge in [0.15, 0.2) is 0 Å². The number of nitrogens with two attached hydrogens (primary N) is 1. The normalized spacial score (nSPS) is 42.3. The predicted octanol–water partition coefficient (Wildman–Crippen LogP) is 2.90. The van der Waals surface area contributed by atoms with Crippen LogP contribution in [0.25, 0.3) is 0 Å². The maximum absolute atomic E-state index is 12.3. The number of carbonyl (C=O) groups excluding carboxylic acids is 1. The Morgan fingerprint density at radius 3 is 2.70 bits per heavy atom. The second-order valence-electron chi connectivity index (χ2n) is 8.04. The first-order chi connectivity index (χ1) is 9.28. The Balaban J connectivity index is 1.77. The number of hydrogen-bond donors (Lipinski definition) is 1. The first-order valence-electron chi connectivity index (χ1n) is 7.88. The van der Waals surface area contributed by atoms with Crippen molar-refractivity contribution in [3.63, 3.8) is 0 Å². The van der Waals surface area contributed by atoms with E-state index in [1.165, 1.54) is 18.4 Å². The van der Waals surface area contributed by atoms with Gasteiger partial charge in [-0.15, -0.1) is 0 Å². The smallest absolute Gasteiger partial charge is 0.306 e. The van der Waals surface area contributed by atoms with Gasteiger partial charge in [0.05, 0.1) is 6.42 Å². The molecular weight excluding hydrogens is 250 g/mol. The molecule has 0 amide bonds. The van der Waals surface area contributed by atoms with Crippen molar-refractivity contribution >= 4 is 5.97 Å². The lowest BCUT2D eigenvalue weighted by atomic mass is 9.47. The molecule has 5 atom stereocenters. The Bertz CT molecular complexity index is 450. The largest absolute Gasteiger partial charge is 0.460 e. The Hall–Kier alpha value is -0.830. The average Bonchev–Trinajstić information content (AvgIpc) is 2.82. The molecule has 3 saturated carbocycles. The first-order valence-corrected chi connectivity index (χ1v) is 7.88. The summed E-state index contributed by atoms with van der Waals surface area (Å²) in [6.45, 7) is 10.6. The predicted molar refractivity (Wildman–Crippen MR) is 78.9 cm³/mol. The van der Waals surface area contributed by atoms with Gasteiger partial charge in [0.1, 0.15) is 5.60 Å². The highest BCUT2D eigenvalue weighted by Gasteiger charge is 2.68. The zero-order valence-electron chi connectivity index (χ0n) is 12.9. The molecule has 0 aliphatic heterocycles. The van der Waals surface area contributed by atoms with Crippen LogP contribution in [0, 0.1) is 29.1 Å². The molecule has 3 aliphatic rings. The van der Waals surface area contributed by atoms with Crippen molar-refractivity contribution in [2.75, 3.05) is 6.54 Å². The SMILES string of the molecule is C=C1C[C@@H]2[C@@H]3[C@H]1CC[C@@H]3[C@]2(CN)CC(=O)OC(C)(C)C. The molecule has 3 aliphatic carbocycles. The highest BCUT2D eigenvalue weighted by atomic mass is 16.6. The van der Waals surface area contributed by atoms with Gasteiger partial charge in [0.2, 0.25) is 0 Å². The van der Waals surface area contributed by atoms with E-state index >= 15 is 0 Å². The topological polar surface area (TPSA) is 52.3 Å². The molecule has 0 spiro atoms. The van der Waals surface area contributed by atoms with Crippen molar-refractivity contribution < 1.29 is 9.53 Å². The summed E-state index contributed by atoms with van der Waals surface area (Å²) in [6.07, 6.45) is 4.03. The molecule has 0 saturated heterocycles. The van der Waals surface area contributed by atoms with Crippen LogP contribution in [0.2, 0.25) is 0 Å². The quantitative estimate of drug-likeness (QED) is 0.637. The summed E-state index contributed by atoms with van der Waals surface area (Å²) in [5, 5.41) is 0. The van der Waals surface area contributed by atoms with Gasteiger partial charge in [0, 0.05) is 0 Å². The Morgan fingerprint density at radius 1 is 1.40 bits per heavy atom. The van der Waals surface area contributed by atoms with Crippen molar-refractivity contribution in [2.24, 2.45) is 34.8 Å². The minimum atomic E-state index is -0.409. The van der Waals surface area contributed by atoms with Gasteiger partial charge in [-0.25, -0.2) is 0 Å². The molecule has 0 heterocycles. The number of carbonyl (C=O) groups is 1. The van der Waals surface area contributed by atoms with E-state index in [0.29, 0.717) is 30.7 Å². The molecule has 112 valence electrons. The van der Waals surface area contributed by atoms with Gasteiger partial charge in [-0.3, -0.25) is 4.79 Å². The molecule has 20 heavy (non-hydrogen) atoms. The monoisotopic (exact) mass is 277 g/mol. The minimum absolute atomic E-state index is 0.0127. The number of ether oxygens (including phenoxy) is 1. The molecule has 3 nitrogen and oxygen atoms in total.